The van der Waals surface area contributed by atoms with Crippen molar-refractivity contribution in [3.05, 3.63) is 0 Å². The standard InChI is InChI=1S/C10H17N3/c1-7(2)9-5-10(13-12-9)8-3-4-11-6-8/h7-8,11H,3-6H2,1-2H3. The zero-order chi connectivity index (χ0) is 9.26. The molecule has 0 amide bonds. The molecule has 0 bridgehead atoms. The van der Waals surface area contributed by atoms with E-state index in [-0.39, 0.29) is 0 Å². The van der Waals surface area contributed by atoms with E-state index in [0.29, 0.717) is 11.8 Å². The van der Waals surface area contributed by atoms with E-state index in [4.69, 9.17) is 0 Å². The van der Waals surface area contributed by atoms with Gasteiger partial charge in [0.25, 0.3) is 0 Å². The van der Waals surface area contributed by atoms with Crippen LogP contribution in [-0.2, 0) is 0 Å². The van der Waals surface area contributed by atoms with Crippen LogP contribution in [0.2, 0.25) is 0 Å². The van der Waals surface area contributed by atoms with Gasteiger partial charge in [-0.15, -0.1) is 0 Å². The summed E-state index contributed by atoms with van der Waals surface area (Å²) in [5, 5.41) is 11.9. The fraction of sp³-hybridized carbons (Fsp3) is 0.800. The predicted octanol–water partition coefficient (Wildman–Crippen LogP) is 1.45. The molecule has 1 unspecified atom stereocenters. The zero-order valence-corrected chi connectivity index (χ0v) is 8.38. The first-order chi connectivity index (χ1) is 6.27. The molecular weight excluding hydrogens is 162 g/mol. The lowest BCUT2D eigenvalue weighted by Crippen LogP contribution is -2.19. The van der Waals surface area contributed by atoms with Crippen LogP contribution in [0.4, 0.5) is 0 Å². The second-order valence-electron chi connectivity index (χ2n) is 4.20. The van der Waals surface area contributed by atoms with Crippen molar-refractivity contribution in [3.8, 4) is 0 Å². The van der Waals surface area contributed by atoms with Crippen LogP contribution in [0, 0.1) is 11.8 Å². The Morgan fingerprint density at radius 3 is 2.77 bits per heavy atom. The smallest absolute Gasteiger partial charge is 0.0506 e. The molecule has 0 spiro atoms. The van der Waals surface area contributed by atoms with Crippen LogP contribution < -0.4 is 5.32 Å². The highest BCUT2D eigenvalue weighted by atomic mass is 15.2. The Hall–Kier alpha value is -0.700. The lowest BCUT2D eigenvalue weighted by molar-refractivity contribution is 0.761. The molecule has 2 rings (SSSR count). The molecule has 3 heteroatoms. The third kappa shape index (κ3) is 1.80. The normalized spacial score (nSPS) is 28.1. The van der Waals surface area contributed by atoms with Gasteiger partial charge in [0.2, 0.25) is 0 Å². The maximum atomic E-state index is 4.28. The van der Waals surface area contributed by atoms with Crippen molar-refractivity contribution in [1.29, 1.82) is 0 Å². The molecule has 0 aromatic carbocycles. The Labute approximate surface area is 79.3 Å². The molecule has 2 aliphatic heterocycles. The number of rotatable bonds is 2. The summed E-state index contributed by atoms with van der Waals surface area (Å²) in [6.45, 7) is 6.61. The summed E-state index contributed by atoms with van der Waals surface area (Å²) >= 11 is 0. The van der Waals surface area contributed by atoms with Gasteiger partial charge in [-0.2, -0.15) is 10.2 Å². The zero-order valence-electron chi connectivity index (χ0n) is 8.38. The maximum Gasteiger partial charge on any atom is 0.0506 e. The lowest BCUT2D eigenvalue weighted by Gasteiger charge is -2.08. The van der Waals surface area contributed by atoms with Crippen LogP contribution in [0.15, 0.2) is 10.2 Å². The van der Waals surface area contributed by atoms with Gasteiger partial charge in [0.1, 0.15) is 0 Å². The highest BCUT2D eigenvalue weighted by Gasteiger charge is 2.25. The summed E-state index contributed by atoms with van der Waals surface area (Å²) in [5.74, 6) is 1.20. The van der Waals surface area contributed by atoms with Gasteiger partial charge >= 0.3 is 0 Å². The third-order valence-corrected chi connectivity index (χ3v) is 2.87. The van der Waals surface area contributed by atoms with E-state index in [2.05, 4.69) is 29.4 Å². The largest absolute Gasteiger partial charge is 0.316 e. The Bertz CT molecular complexity index is 247. The summed E-state index contributed by atoms with van der Waals surface area (Å²) in [7, 11) is 0. The quantitative estimate of drug-likeness (QED) is 0.684. The fourth-order valence-corrected chi connectivity index (χ4v) is 1.87. The molecule has 0 aromatic rings. The van der Waals surface area contributed by atoms with E-state index in [0.717, 1.165) is 19.5 Å². The summed E-state index contributed by atoms with van der Waals surface area (Å²) in [4.78, 5) is 0. The third-order valence-electron chi connectivity index (χ3n) is 2.87. The average Bonchev–Trinajstić information content (AvgIpc) is 2.75. The van der Waals surface area contributed by atoms with Crippen LogP contribution in [0.3, 0.4) is 0 Å². The second kappa shape index (κ2) is 3.58. The maximum absolute atomic E-state index is 4.28. The highest BCUT2D eigenvalue weighted by Crippen LogP contribution is 2.19. The van der Waals surface area contributed by atoms with Gasteiger partial charge in [-0.1, -0.05) is 13.8 Å². The van der Waals surface area contributed by atoms with Crippen LogP contribution in [0.25, 0.3) is 0 Å². The molecule has 1 N–H and O–H groups in total. The Kier molecular flexibility index (Phi) is 2.44. The predicted molar refractivity (Wildman–Crippen MR) is 55.3 cm³/mol. The summed E-state index contributed by atoms with van der Waals surface area (Å²) in [6, 6.07) is 0. The topological polar surface area (TPSA) is 36.8 Å². The molecule has 2 heterocycles. The molecule has 0 aliphatic carbocycles. The van der Waals surface area contributed by atoms with Gasteiger partial charge in [0.15, 0.2) is 0 Å². The van der Waals surface area contributed by atoms with E-state index in [1.807, 2.05) is 0 Å². The van der Waals surface area contributed by atoms with Crippen LogP contribution in [-0.4, -0.2) is 24.5 Å². The molecule has 1 saturated heterocycles. The average molecular weight is 179 g/mol. The van der Waals surface area contributed by atoms with Crippen LogP contribution in [0.1, 0.15) is 26.7 Å². The van der Waals surface area contributed by atoms with Gasteiger partial charge < -0.3 is 5.32 Å². The van der Waals surface area contributed by atoms with Crippen molar-refractivity contribution in [3.63, 3.8) is 0 Å². The van der Waals surface area contributed by atoms with E-state index < -0.39 is 0 Å². The highest BCUT2D eigenvalue weighted by molar-refractivity contribution is 6.09. The first-order valence-electron chi connectivity index (χ1n) is 5.11. The molecule has 13 heavy (non-hydrogen) atoms. The summed E-state index contributed by atoms with van der Waals surface area (Å²) in [5.41, 5.74) is 2.55. The molecule has 72 valence electrons. The Balaban J connectivity index is 1.93. The first-order valence-corrected chi connectivity index (χ1v) is 5.11. The molecule has 0 saturated carbocycles. The number of hydrogen-bond donors (Lipinski definition) is 1. The van der Waals surface area contributed by atoms with Crippen molar-refractivity contribution in [1.82, 2.24) is 5.32 Å². The number of hydrogen-bond acceptors (Lipinski definition) is 3. The molecule has 1 atom stereocenters. The molecule has 2 aliphatic rings. The minimum Gasteiger partial charge on any atom is -0.316 e. The van der Waals surface area contributed by atoms with Gasteiger partial charge in [-0.25, -0.2) is 0 Å². The molecular formula is C10H17N3. The molecule has 3 nitrogen and oxygen atoms in total. The van der Waals surface area contributed by atoms with Crippen molar-refractivity contribution in [2.75, 3.05) is 13.1 Å². The van der Waals surface area contributed by atoms with Crippen molar-refractivity contribution in [2.45, 2.75) is 26.7 Å². The van der Waals surface area contributed by atoms with E-state index >= 15 is 0 Å². The second-order valence-corrected chi connectivity index (χ2v) is 4.20. The Morgan fingerprint density at radius 2 is 2.23 bits per heavy atom. The SMILES string of the molecule is CC(C)C1=NN=C(C2CCNC2)C1. The van der Waals surface area contributed by atoms with Crippen molar-refractivity contribution < 1.29 is 0 Å². The van der Waals surface area contributed by atoms with Gasteiger partial charge in [0, 0.05) is 24.6 Å². The lowest BCUT2D eigenvalue weighted by atomic mass is 9.95. The minimum absolute atomic E-state index is 0.551. The summed E-state index contributed by atoms with van der Waals surface area (Å²) < 4.78 is 0. The van der Waals surface area contributed by atoms with E-state index in [1.165, 1.54) is 17.8 Å². The van der Waals surface area contributed by atoms with E-state index in [9.17, 15) is 0 Å². The number of nitrogens with zero attached hydrogens (tertiary/aromatic N) is 2. The van der Waals surface area contributed by atoms with Gasteiger partial charge in [-0.05, 0) is 18.9 Å². The Morgan fingerprint density at radius 1 is 1.38 bits per heavy atom. The fourth-order valence-electron chi connectivity index (χ4n) is 1.87. The summed E-state index contributed by atoms with van der Waals surface area (Å²) in [6.07, 6.45) is 2.25. The minimum atomic E-state index is 0.551. The number of nitrogens with one attached hydrogen (secondary N) is 1. The van der Waals surface area contributed by atoms with Crippen LogP contribution in [0.5, 0.6) is 0 Å². The monoisotopic (exact) mass is 179 g/mol. The first kappa shape index (κ1) is 8.88. The van der Waals surface area contributed by atoms with Crippen molar-refractivity contribution >= 4 is 11.4 Å². The van der Waals surface area contributed by atoms with Gasteiger partial charge in [-0.3, -0.25) is 0 Å². The molecule has 1 fully saturated rings. The molecule has 0 aromatic heterocycles. The van der Waals surface area contributed by atoms with Gasteiger partial charge in [0.05, 0.1) is 5.71 Å². The molecule has 0 radical (unpaired) electrons. The van der Waals surface area contributed by atoms with E-state index in [1.54, 1.807) is 0 Å². The van der Waals surface area contributed by atoms with Crippen molar-refractivity contribution in [2.24, 2.45) is 22.0 Å². The van der Waals surface area contributed by atoms with Crippen LogP contribution >= 0.6 is 0 Å².